The maximum absolute atomic E-state index is 10.9. The number of aryl methyl sites for hydroxylation is 2. The molecule has 0 spiro atoms. The molecule has 2 heterocycles. The first-order valence-electron chi connectivity index (χ1n) is 4.41. The van der Waals surface area contributed by atoms with Gasteiger partial charge in [0, 0.05) is 7.05 Å². The molecule has 0 bridgehead atoms. The Morgan fingerprint density at radius 2 is 2.33 bits per heavy atom. The summed E-state index contributed by atoms with van der Waals surface area (Å²) in [5.41, 5.74) is 1.53. The number of aromatic carboxylic acids is 1. The van der Waals surface area contributed by atoms with Crippen LogP contribution in [0.15, 0.2) is 22.9 Å². The minimum atomic E-state index is -1.01. The molecule has 78 valence electrons. The van der Waals surface area contributed by atoms with Crippen LogP contribution in [0.1, 0.15) is 15.9 Å². The third-order valence-corrected chi connectivity index (χ3v) is 2.25. The quantitative estimate of drug-likeness (QED) is 0.811. The zero-order valence-electron chi connectivity index (χ0n) is 8.39. The van der Waals surface area contributed by atoms with Crippen LogP contribution < -0.4 is 0 Å². The maximum atomic E-state index is 10.9. The molecule has 0 fully saturated rings. The van der Waals surface area contributed by atoms with Crippen molar-refractivity contribution < 1.29 is 14.3 Å². The largest absolute Gasteiger partial charge is 0.478 e. The molecule has 2 aromatic heterocycles. The predicted octanol–water partition coefficient (Wildman–Crippen LogP) is 1.69. The standard InChI is InChI=1S/C10H10N2O3/c1-6-3-4-15-9(6)8-7(10(13)14)5-11-12(8)2/h3-5H,1-2H3,(H,13,14). The van der Waals surface area contributed by atoms with Gasteiger partial charge in [0.2, 0.25) is 0 Å². The highest BCUT2D eigenvalue weighted by atomic mass is 16.4. The maximum Gasteiger partial charge on any atom is 0.339 e. The van der Waals surface area contributed by atoms with Gasteiger partial charge in [0.15, 0.2) is 5.76 Å². The Morgan fingerprint density at radius 3 is 2.87 bits per heavy atom. The summed E-state index contributed by atoms with van der Waals surface area (Å²) in [5, 5.41) is 12.9. The summed E-state index contributed by atoms with van der Waals surface area (Å²) in [5.74, 6) is -0.457. The third kappa shape index (κ3) is 1.41. The number of furan rings is 1. The molecule has 0 saturated heterocycles. The topological polar surface area (TPSA) is 68.3 Å². The molecule has 5 nitrogen and oxygen atoms in total. The summed E-state index contributed by atoms with van der Waals surface area (Å²) in [6, 6.07) is 1.79. The van der Waals surface area contributed by atoms with Gasteiger partial charge < -0.3 is 9.52 Å². The van der Waals surface area contributed by atoms with Crippen molar-refractivity contribution in [2.45, 2.75) is 6.92 Å². The van der Waals surface area contributed by atoms with Gasteiger partial charge in [0.1, 0.15) is 11.3 Å². The molecular weight excluding hydrogens is 196 g/mol. The lowest BCUT2D eigenvalue weighted by Gasteiger charge is -2.01. The Balaban J connectivity index is 2.66. The van der Waals surface area contributed by atoms with Gasteiger partial charge in [-0.05, 0) is 18.6 Å². The number of aromatic nitrogens is 2. The summed E-state index contributed by atoms with van der Waals surface area (Å²) in [6.07, 6.45) is 2.85. The second-order valence-electron chi connectivity index (χ2n) is 3.27. The summed E-state index contributed by atoms with van der Waals surface area (Å²) in [7, 11) is 1.68. The van der Waals surface area contributed by atoms with E-state index in [1.807, 2.05) is 6.92 Å². The molecule has 0 amide bonds. The van der Waals surface area contributed by atoms with Crippen molar-refractivity contribution in [3.8, 4) is 11.5 Å². The molecule has 0 aliphatic rings. The van der Waals surface area contributed by atoms with Crippen LogP contribution in [0.25, 0.3) is 11.5 Å². The SMILES string of the molecule is Cc1ccoc1-c1c(C(=O)O)cnn1C. The monoisotopic (exact) mass is 206 g/mol. The Morgan fingerprint density at radius 1 is 1.60 bits per heavy atom. The van der Waals surface area contributed by atoms with Crippen molar-refractivity contribution in [2.24, 2.45) is 7.05 Å². The molecule has 5 heteroatoms. The van der Waals surface area contributed by atoms with E-state index in [-0.39, 0.29) is 5.56 Å². The van der Waals surface area contributed by atoms with Gasteiger partial charge in [0.25, 0.3) is 0 Å². The van der Waals surface area contributed by atoms with Crippen LogP contribution in [0, 0.1) is 6.92 Å². The van der Waals surface area contributed by atoms with Gasteiger partial charge in [-0.3, -0.25) is 4.68 Å². The molecule has 0 unspecified atom stereocenters. The highest BCUT2D eigenvalue weighted by molar-refractivity contribution is 5.94. The molecule has 0 aliphatic heterocycles. The normalized spacial score (nSPS) is 10.5. The molecule has 0 atom stereocenters. The molecule has 0 radical (unpaired) electrons. The highest BCUT2D eigenvalue weighted by Gasteiger charge is 2.20. The van der Waals surface area contributed by atoms with Crippen molar-refractivity contribution >= 4 is 5.97 Å². The number of carboxylic acid groups (broad SMARTS) is 1. The van der Waals surface area contributed by atoms with Crippen LogP contribution >= 0.6 is 0 Å². The van der Waals surface area contributed by atoms with Crippen molar-refractivity contribution in [1.82, 2.24) is 9.78 Å². The molecule has 1 N–H and O–H groups in total. The number of hydrogen-bond acceptors (Lipinski definition) is 3. The lowest BCUT2D eigenvalue weighted by atomic mass is 10.1. The molecule has 2 aromatic rings. The number of rotatable bonds is 2. The van der Waals surface area contributed by atoms with E-state index in [1.165, 1.54) is 17.1 Å². The summed E-state index contributed by atoms with van der Waals surface area (Å²) >= 11 is 0. The minimum absolute atomic E-state index is 0.149. The van der Waals surface area contributed by atoms with Gasteiger partial charge >= 0.3 is 5.97 Å². The van der Waals surface area contributed by atoms with Crippen LogP contribution in [0.2, 0.25) is 0 Å². The van der Waals surface area contributed by atoms with E-state index < -0.39 is 5.97 Å². The van der Waals surface area contributed by atoms with Gasteiger partial charge in [-0.2, -0.15) is 5.10 Å². The van der Waals surface area contributed by atoms with Crippen LogP contribution in [0.3, 0.4) is 0 Å². The van der Waals surface area contributed by atoms with Crippen LogP contribution in [0.4, 0.5) is 0 Å². The zero-order valence-corrected chi connectivity index (χ0v) is 8.39. The summed E-state index contributed by atoms with van der Waals surface area (Å²) in [4.78, 5) is 10.9. The first-order chi connectivity index (χ1) is 7.11. The van der Waals surface area contributed by atoms with E-state index in [9.17, 15) is 4.79 Å². The fourth-order valence-electron chi connectivity index (χ4n) is 1.48. The molecule has 15 heavy (non-hydrogen) atoms. The fraction of sp³-hybridized carbons (Fsp3) is 0.200. The number of carbonyl (C=O) groups is 1. The Bertz CT molecular complexity index is 510. The zero-order chi connectivity index (χ0) is 11.0. The molecular formula is C10H10N2O3. The van der Waals surface area contributed by atoms with E-state index in [4.69, 9.17) is 9.52 Å². The molecule has 0 aliphatic carbocycles. The van der Waals surface area contributed by atoms with E-state index in [0.717, 1.165) is 5.56 Å². The lowest BCUT2D eigenvalue weighted by molar-refractivity contribution is 0.0697. The van der Waals surface area contributed by atoms with Gasteiger partial charge in [-0.15, -0.1) is 0 Å². The van der Waals surface area contributed by atoms with E-state index in [2.05, 4.69) is 5.10 Å². The number of carboxylic acids is 1. The van der Waals surface area contributed by atoms with Crippen LogP contribution in [0.5, 0.6) is 0 Å². The number of nitrogens with zero attached hydrogens (tertiary/aromatic N) is 2. The minimum Gasteiger partial charge on any atom is -0.478 e. The first-order valence-corrected chi connectivity index (χ1v) is 4.41. The van der Waals surface area contributed by atoms with Crippen LogP contribution in [-0.4, -0.2) is 20.9 Å². The summed E-state index contributed by atoms with van der Waals surface area (Å²) < 4.78 is 6.75. The second kappa shape index (κ2) is 3.27. The van der Waals surface area contributed by atoms with Crippen LogP contribution in [-0.2, 0) is 7.05 Å². The Labute approximate surface area is 85.9 Å². The Hall–Kier alpha value is -2.04. The van der Waals surface area contributed by atoms with E-state index in [0.29, 0.717) is 11.5 Å². The van der Waals surface area contributed by atoms with E-state index >= 15 is 0 Å². The highest BCUT2D eigenvalue weighted by Crippen LogP contribution is 2.26. The Kier molecular flexibility index (Phi) is 2.07. The van der Waals surface area contributed by atoms with Gasteiger partial charge in [-0.1, -0.05) is 0 Å². The van der Waals surface area contributed by atoms with Gasteiger partial charge in [-0.25, -0.2) is 4.79 Å². The average Bonchev–Trinajstić information content (AvgIpc) is 2.71. The van der Waals surface area contributed by atoms with Crippen molar-refractivity contribution in [3.05, 3.63) is 29.7 Å². The van der Waals surface area contributed by atoms with Gasteiger partial charge in [0.05, 0.1) is 12.5 Å². The van der Waals surface area contributed by atoms with Crippen molar-refractivity contribution in [2.75, 3.05) is 0 Å². The molecule has 2 rings (SSSR count). The molecule has 0 saturated carbocycles. The average molecular weight is 206 g/mol. The smallest absolute Gasteiger partial charge is 0.339 e. The second-order valence-corrected chi connectivity index (χ2v) is 3.27. The third-order valence-electron chi connectivity index (χ3n) is 2.25. The fourth-order valence-corrected chi connectivity index (χ4v) is 1.48. The van der Waals surface area contributed by atoms with E-state index in [1.54, 1.807) is 13.1 Å². The van der Waals surface area contributed by atoms with Crippen molar-refractivity contribution in [3.63, 3.8) is 0 Å². The lowest BCUT2D eigenvalue weighted by Crippen LogP contribution is -2.00. The van der Waals surface area contributed by atoms with Crippen molar-refractivity contribution in [1.29, 1.82) is 0 Å². The summed E-state index contributed by atoms with van der Waals surface area (Å²) in [6.45, 7) is 1.86. The first kappa shape index (κ1) is 9.51. The molecule has 0 aromatic carbocycles. The predicted molar refractivity (Wildman–Crippen MR) is 52.6 cm³/mol. The number of hydrogen-bond donors (Lipinski definition) is 1.